The summed E-state index contributed by atoms with van der Waals surface area (Å²) in [6, 6.07) is 3.45. The number of hydrogen-bond acceptors (Lipinski definition) is 5. The molecule has 0 saturated heterocycles. The van der Waals surface area contributed by atoms with Gasteiger partial charge in [0.25, 0.3) is 0 Å². The second-order valence-corrected chi connectivity index (χ2v) is 3.54. The summed E-state index contributed by atoms with van der Waals surface area (Å²) >= 11 is 5.79. The lowest BCUT2D eigenvalue weighted by Gasteiger charge is -2.07. The molecule has 0 radical (unpaired) electrons. The standard InChI is InChI=1S/C10H6ClN5O/c11-7-5-16(10(17)15-9(7)13)8-1-2-14-4-6(8)3-12/h1-2,4-5H,(H2,13,15,17). The SMILES string of the molecule is N#Cc1cnccc1-n1cc(Cl)c(N)nc1=O. The molecule has 0 aliphatic carbocycles. The van der Waals surface area contributed by atoms with E-state index < -0.39 is 5.69 Å². The molecule has 0 aromatic carbocycles. The van der Waals surface area contributed by atoms with Crippen LogP contribution in [0.25, 0.3) is 5.69 Å². The third-order valence-electron chi connectivity index (χ3n) is 2.09. The van der Waals surface area contributed by atoms with Crippen LogP contribution in [0.15, 0.2) is 29.5 Å². The Hall–Kier alpha value is -2.39. The molecule has 2 heterocycles. The average Bonchev–Trinajstić information content (AvgIpc) is 2.34. The lowest BCUT2D eigenvalue weighted by molar-refractivity contribution is 0.913. The summed E-state index contributed by atoms with van der Waals surface area (Å²) in [6.45, 7) is 0. The number of hydrogen-bond donors (Lipinski definition) is 1. The fourth-order valence-corrected chi connectivity index (χ4v) is 1.44. The van der Waals surface area contributed by atoms with Gasteiger partial charge in [0.1, 0.15) is 11.9 Å². The maximum Gasteiger partial charge on any atom is 0.354 e. The number of anilines is 1. The number of nitrogen functional groups attached to an aromatic ring is 1. The Labute approximate surface area is 101 Å². The normalized spacial score (nSPS) is 9.88. The number of nitrogens with two attached hydrogens (primary N) is 1. The van der Waals surface area contributed by atoms with Gasteiger partial charge >= 0.3 is 5.69 Å². The molecule has 0 saturated carbocycles. The zero-order valence-electron chi connectivity index (χ0n) is 8.46. The summed E-state index contributed by atoms with van der Waals surface area (Å²) in [5.41, 5.74) is 5.41. The number of pyridine rings is 1. The molecule has 0 spiro atoms. The monoisotopic (exact) mass is 247 g/mol. The van der Waals surface area contributed by atoms with E-state index in [1.54, 1.807) is 0 Å². The van der Waals surface area contributed by atoms with Crippen LogP contribution >= 0.6 is 11.6 Å². The third kappa shape index (κ3) is 1.96. The van der Waals surface area contributed by atoms with Gasteiger partial charge in [0.05, 0.1) is 16.3 Å². The van der Waals surface area contributed by atoms with E-state index in [1.807, 2.05) is 6.07 Å². The summed E-state index contributed by atoms with van der Waals surface area (Å²) in [5, 5.41) is 9.05. The van der Waals surface area contributed by atoms with Crippen LogP contribution in [0.4, 0.5) is 5.82 Å². The highest BCUT2D eigenvalue weighted by atomic mass is 35.5. The first-order valence-corrected chi connectivity index (χ1v) is 4.90. The molecular weight excluding hydrogens is 242 g/mol. The summed E-state index contributed by atoms with van der Waals surface area (Å²) < 4.78 is 1.15. The molecule has 0 unspecified atom stereocenters. The average molecular weight is 248 g/mol. The van der Waals surface area contributed by atoms with Gasteiger partial charge in [0.15, 0.2) is 0 Å². The maximum atomic E-state index is 11.6. The summed E-state index contributed by atoms with van der Waals surface area (Å²) in [7, 11) is 0. The van der Waals surface area contributed by atoms with Gasteiger partial charge in [0, 0.05) is 18.6 Å². The molecule has 0 aliphatic heterocycles. The second-order valence-electron chi connectivity index (χ2n) is 3.13. The van der Waals surface area contributed by atoms with Crippen LogP contribution in [0.2, 0.25) is 5.02 Å². The minimum absolute atomic E-state index is 0.0412. The predicted molar refractivity (Wildman–Crippen MR) is 61.8 cm³/mol. The van der Waals surface area contributed by atoms with Crippen LogP contribution < -0.4 is 11.4 Å². The van der Waals surface area contributed by atoms with Crippen LogP contribution in [-0.2, 0) is 0 Å². The quantitative estimate of drug-likeness (QED) is 0.801. The molecule has 0 aliphatic rings. The smallest absolute Gasteiger partial charge is 0.354 e. The van der Waals surface area contributed by atoms with Crippen molar-refractivity contribution in [3.8, 4) is 11.8 Å². The van der Waals surface area contributed by atoms with Gasteiger partial charge in [0.2, 0.25) is 0 Å². The molecule has 0 fully saturated rings. The molecule has 2 aromatic heterocycles. The Bertz CT molecular complexity index is 673. The first kappa shape index (κ1) is 11.1. The molecule has 0 atom stereocenters. The van der Waals surface area contributed by atoms with E-state index in [0.717, 1.165) is 4.57 Å². The van der Waals surface area contributed by atoms with Crippen molar-refractivity contribution < 1.29 is 0 Å². The van der Waals surface area contributed by atoms with E-state index in [0.29, 0.717) is 5.69 Å². The van der Waals surface area contributed by atoms with Gasteiger partial charge < -0.3 is 5.73 Å². The van der Waals surface area contributed by atoms with Crippen LogP contribution in [0.1, 0.15) is 5.56 Å². The molecular formula is C10H6ClN5O. The van der Waals surface area contributed by atoms with Crippen LogP contribution in [-0.4, -0.2) is 14.5 Å². The van der Waals surface area contributed by atoms with E-state index >= 15 is 0 Å². The molecule has 17 heavy (non-hydrogen) atoms. The topological polar surface area (TPSA) is 97.6 Å². The van der Waals surface area contributed by atoms with Crippen molar-refractivity contribution in [3.05, 3.63) is 45.7 Å². The maximum absolute atomic E-state index is 11.6. The van der Waals surface area contributed by atoms with E-state index in [-0.39, 0.29) is 16.4 Å². The van der Waals surface area contributed by atoms with Gasteiger partial charge in [-0.1, -0.05) is 11.6 Å². The molecule has 2 rings (SSSR count). The van der Waals surface area contributed by atoms with Crippen LogP contribution in [0.5, 0.6) is 0 Å². The number of nitrogens with zero attached hydrogens (tertiary/aromatic N) is 4. The predicted octanol–water partition coefficient (Wildman–Crippen LogP) is 0.735. The van der Waals surface area contributed by atoms with Crippen LogP contribution in [0, 0.1) is 11.3 Å². The van der Waals surface area contributed by atoms with E-state index in [4.69, 9.17) is 22.6 Å². The number of nitriles is 1. The van der Waals surface area contributed by atoms with Crippen molar-refractivity contribution in [2.24, 2.45) is 0 Å². The number of rotatable bonds is 1. The summed E-state index contributed by atoms with van der Waals surface area (Å²) in [6.07, 6.45) is 4.14. The minimum atomic E-state index is -0.602. The summed E-state index contributed by atoms with van der Waals surface area (Å²) in [5.74, 6) is -0.0412. The molecule has 2 N–H and O–H groups in total. The highest BCUT2D eigenvalue weighted by molar-refractivity contribution is 6.32. The summed E-state index contributed by atoms with van der Waals surface area (Å²) in [4.78, 5) is 19.0. The Morgan fingerprint density at radius 1 is 1.53 bits per heavy atom. The van der Waals surface area contributed by atoms with E-state index in [2.05, 4.69) is 9.97 Å². The van der Waals surface area contributed by atoms with Crippen LogP contribution in [0.3, 0.4) is 0 Å². The zero-order valence-corrected chi connectivity index (χ0v) is 9.22. The number of halogens is 1. The van der Waals surface area contributed by atoms with E-state index in [1.165, 1.54) is 24.7 Å². The zero-order chi connectivity index (χ0) is 12.4. The van der Waals surface area contributed by atoms with Gasteiger partial charge in [-0.15, -0.1) is 0 Å². The molecule has 7 heteroatoms. The van der Waals surface area contributed by atoms with Crippen molar-refractivity contribution in [3.63, 3.8) is 0 Å². The Balaban J connectivity index is 2.74. The molecule has 0 bridgehead atoms. The van der Waals surface area contributed by atoms with Gasteiger partial charge in [-0.25, -0.2) is 4.79 Å². The fourth-order valence-electron chi connectivity index (χ4n) is 1.30. The lowest BCUT2D eigenvalue weighted by Crippen LogP contribution is -2.22. The van der Waals surface area contributed by atoms with Crippen molar-refractivity contribution >= 4 is 17.4 Å². The molecule has 2 aromatic rings. The van der Waals surface area contributed by atoms with Crippen molar-refractivity contribution in [1.29, 1.82) is 5.26 Å². The first-order chi connectivity index (χ1) is 8.13. The van der Waals surface area contributed by atoms with Crippen molar-refractivity contribution in [2.75, 3.05) is 5.73 Å². The molecule has 0 amide bonds. The Kier molecular flexibility index (Phi) is 2.77. The van der Waals surface area contributed by atoms with Crippen molar-refractivity contribution in [1.82, 2.24) is 14.5 Å². The largest absolute Gasteiger partial charge is 0.382 e. The van der Waals surface area contributed by atoms with Gasteiger partial charge in [-0.05, 0) is 6.07 Å². The molecule has 84 valence electrons. The highest BCUT2D eigenvalue weighted by Gasteiger charge is 2.09. The lowest BCUT2D eigenvalue weighted by atomic mass is 10.2. The third-order valence-corrected chi connectivity index (χ3v) is 2.38. The molecule has 6 nitrogen and oxygen atoms in total. The Morgan fingerprint density at radius 2 is 2.29 bits per heavy atom. The van der Waals surface area contributed by atoms with Crippen molar-refractivity contribution in [2.45, 2.75) is 0 Å². The highest BCUT2D eigenvalue weighted by Crippen LogP contribution is 2.16. The first-order valence-electron chi connectivity index (χ1n) is 4.52. The minimum Gasteiger partial charge on any atom is -0.382 e. The number of aromatic nitrogens is 3. The second kappa shape index (κ2) is 4.23. The Morgan fingerprint density at radius 3 is 3.00 bits per heavy atom. The van der Waals surface area contributed by atoms with E-state index in [9.17, 15) is 4.79 Å². The van der Waals surface area contributed by atoms with Gasteiger partial charge in [-0.2, -0.15) is 10.2 Å². The fraction of sp³-hybridized carbons (Fsp3) is 0. The van der Waals surface area contributed by atoms with Gasteiger partial charge in [-0.3, -0.25) is 9.55 Å².